The molecular formula is C18H17NOS. The summed E-state index contributed by atoms with van der Waals surface area (Å²) in [6, 6.07) is 14.9. The number of hydrogen-bond acceptors (Lipinski definition) is 3. The monoisotopic (exact) mass is 295 g/mol. The van der Waals surface area contributed by atoms with Crippen molar-refractivity contribution in [3.05, 3.63) is 64.6 Å². The number of carbonyl (C=O) groups is 1. The number of thiazole rings is 1. The fraction of sp³-hybridized carbons (Fsp3) is 0.222. The van der Waals surface area contributed by atoms with Crippen LogP contribution in [-0.4, -0.2) is 10.8 Å². The van der Waals surface area contributed by atoms with Crippen LogP contribution in [0.4, 0.5) is 0 Å². The minimum absolute atomic E-state index is 0.283. The van der Waals surface area contributed by atoms with Crippen LogP contribution in [-0.2, 0) is 17.6 Å². The molecular weight excluding hydrogens is 278 g/mol. The van der Waals surface area contributed by atoms with Crippen LogP contribution in [0.15, 0.2) is 54.0 Å². The molecule has 0 aliphatic heterocycles. The Morgan fingerprint density at radius 1 is 1.10 bits per heavy atom. The number of nitrogens with zero attached hydrogens (tertiary/aromatic N) is 1. The van der Waals surface area contributed by atoms with Crippen molar-refractivity contribution in [2.75, 3.05) is 0 Å². The molecule has 0 N–H and O–H groups in total. The average molecular weight is 295 g/mol. The first kappa shape index (κ1) is 14.0. The first-order chi connectivity index (χ1) is 10.3. The summed E-state index contributed by atoms with van der Waals surface area (Å²) in [7, 11) is 0. The predicted octanol–water partition coefficient (Wildman–Crippen LogP) is 4.43. The van der Waals surface area contributed by atoms with Crippen molar-refractivity contribution >= 4 is 27.9 Å². The molecule has 0 saturated carbocycles. The maximum absolute atomic E-state index is 11.9. The molecule has 1 heterocycles. The van der Waals surface area contributed by atoms with E-state index in [1.165, 1.54) is 16.3 Å². The quantitative estimate of drug-likeness (QED) is 0.673. The molecule has 0 unspecified atom stereocenters. The highest BCUT2D eigenvalue weighted by Gasteiger charge is 2.06. The highest BCUT2D eigenvalue weighted by atomic mass is 32.1. The zero-order valence-corrected chi connectivity index (χ0v) is 12.6. The number of aromatic nitrogens is 1. The number of benzene rings is 2. The normalized spacial score (nSPS) is 10.9. The molecule has 0 spiro atoms. The second-order valence-corrected chi connectivity index (χ2v) is 6.16. The molecule has 21 heavy (non-hydrogen) atoms. The average Bonchev–Trinajstić information content (AvgIpc) is 3.00. The standard InChI is InChI=1S/C18H17NOS/c20-17(13-18-19-10-11-21-18)7-3-4-14-8-9-15-5-1-2-6-16(15)12-14/h1-2,5-6,8-12H,3-4,7,13H2. The SMILES string of the molecule is O=C(CCCc1ccc2ccccc2c1)Cc1nccs1. The topological polar surface area (TPSA) is 30.0 Å². The zero-order chi connectivity index (χ0) is 14.5. The fourth-order valence-electron chi connectivity index (χ4n) is 2.48. The summed E-state index contributed by atoms with van der Waals surface area (Å²) >= 11 is 1.55. The highest BCUT2D eigenvalue weighted by molar-refractivity contribution is 7.09. The highest BCUT2D eigenvalue weighted by Crippen LogP contribution is 2.17. The van der Waals surface area contributed by atoms with E-state index in [1.807, 2.05) is 5.38 Å². The van der Waals surface area contributed by atoms with Crippen molar-refractivity contribution in [3.8, 4) is 0 Å². The van der Waals surface area contributed by atoms with E-state index >= 15 is 0 Å². The van der Waals surface area contributed by atoms with Crippen molar-refractivity contribution in [1.82, 2.24) is 4.98 Å². The predicted molar refractivity (Wildman–Crippen MR) is 87.7 cm³/mol. The summed E-state index contributed by atoms with van der Waals surface area (Å²) in [6.07, 6.45) is 4.72. The van der Waals surface area contributed by atoms with Gasteiger partial charge in [-0.1, -0.05) is 42.5 Å². The Morgan fingerprint density at radius 2 is 1.95 bits per heavy atom. The lowest BCUT2D eigenvalue weighted by Gasteiger charge is -2.03. The summed E-state index contributed by atoms with van der Waals surface area (Å²) in [5.74, 6) is 0.283. The van der Waals surface area contributed by atoms with E-state index in [-0.39, 0.29) is 5.78 Å². The van der Waals surface area contributed by atoms with Gasteiger partial charge in [-0.15, -0.1) is 11.3 Å². The van der Waals surface area contributed by atoms with Crippen LogP contribution in [0, 0.1) is 0 Å². The molecule has 0 saturated heterocycles. The number of aryl methyl sites for hydroxylation is 1. The van der Waals surface area contributed by atoms with Crippen LogP contribution in [0.3, 0.4) is 0 Å². The van der Waals surface area contributed by atoms with Gasteiger partial charge in [-0.2, -0.15) is 0 Å². The Labute approximate surface area is 128 Å². The van der Waals surface area contributed by atoms with Crippen molar-refractivity contribution in [2.24, 2.45) is 0 Å². The molecule has 0 radical (unpaired) electrons. The van der Waals surface area contributed by atoms with Gasteiger partial charge in [0.25, 0.3) is 0 Å². The maximum Gasteiger partial charge on any atom is 0.139 e. The summed E-state index contributed by atoms with van der Waals surface area (Å²) in [5, 5.41) is 5.37. The molecule has 2 nitrogen and oxygen atoms in total. The van der Waals surface area contributed by atoms with Crippen LogP contribution >= 0.6 is 11.3 Å². The first-order valence-electron chi connectivity index (χ1n) is 7.19. The number of fused-ring (bicyclic) bond motifs is 1. The van der Waals surface area contributed by atoms with E-state index in [9.17, 15) is 4.79 Å². The molecule has 0 aliphatic carbocycles. The molecule has 0 fully saturated rings. The molecule has 0 atom stereocenters. The third kappa shape index (κ3) is 3.76. The van der Waals surface area contributed by atoms with Gasteiger partial charge in [-0.3, -0.25) is 4.79 Å². The van der Waals surface area contributed by atoms with Gasteiger partial charge in [0.2, 0.25) is 0 Å². The van der Waals surface area contributed by atoms with Crippen LogP contribution in [0.5, 0.6) is 0 Å². The summed E-state index contributed by atoms with van der Waals surface area (Å²) in [4.78, 5) is 16.0. The van der Waals surface area contributed by atoms with Gasteiger partial charge >= 0.3 is 0 Å². The van der Waals surface area contributed by atoms with Gasteiger partial charge in [0.15, 0.2) is 0 Å². The van der Waals surface area contributed by atoms with E-state index in [4.69, 9.17) is 0 Å². The molecule has 3 rings (SSSR count). The lowest BCUT2D eigenvalue weighted by molar-refractivity contribution is -0.118. The Morgan fingerprint density at radius 3 is 2.76 bits per heavy atom. The van der Waals surface area contributed by atoms with Crippen LogP contribution in [0.2, 0.25) is 0 Å². The third-order valence-electron chi connectivity index (χ3n) is 3.57. The molecule has 0 bridgehead atoms. The second kappa shape index (κ2) is 6.64. The van der Waals surface area contributed by atoms with E-state index in [2.05, 4.69) is 47.4 Å². The zero-order valence-electron chi connectivity index (χ0n) is 11.8. The number of Topliss-reactive ketones (excluding diaryl/α,β-unsaturated/α-hetero) is 1. The Hall–Kier alpha value is -2.00. The minimum atomic E-state index is 0.283. The summed E-state index contributed by atoms with van der Waals surface area (Å²) in [5.41, 5.74) is 1.30. The Balaban J connectivity index is 1.53. The van der Waals surface area contributed by atoms with Crippen molar-refractivity contribution in [1.29, 1.82) is 0 Å². The minimum Gasteiger partial charge on any atom is -0.299 e. The van der Waals surface area contributed by atoms with E-state index in [0.29, 0.717) is 12.8 Å². The van der Waals surface area contributed by atoms with Crippen LogP contribution < -0.4 is 0 Å². The molecule has 0 aliphatic rings. The number of hydrogen-bond donors (Lipinski definition) is 0. The van der Waals surface area contributed by atoms with E-state index in [1.54, 1.807) is 17.5 Å². The van der Waals surface area contributed by atoms with Crippen molar-refractivity contribution in [2.45, 2.75) is 25.7 Å². The molecule has 1 aromatic heterocycles. The van der Waals surface area contributed by atoms with E-state index in [0.717, 1.165) is 17.8 Å². The lowest BCUT2D eigenvalue weighted by Crippen LogP contribution is -2.02. The van der Waals surface area contributed by atoms with Crippen LogP contribution in [0.1, 0.15) is 23.4 Å². The smallest absolute Gasteiger partial charge is 0.139 e. The molecule has 106 valence electrons. The van der Waals surface area contributed by atoms with E-state index < -0.39 is 0 Å². The Bertz CT molecular complexity index is 734. The largest absolute Gasteiger partial charge is 0.299 e. The number of carbonyl (C=O) groups excluding carboxylic acids is 1. The van der Waals surface area contributed by atoms with Gasteiger partial charge in [0.1, 0.15) is 5.78 Å². The maximum atomic E-state index is 11.9. The summed E-state index contributed by atoms with van der Waals surface area (Å²) < 4.78 is 0. The molecule has 3 aromatic rings. The molecule has 0 amide bonds. The van der Waals surface area contributed by atoms with Crippen molar-refractivity contribution < 1.29 is 4.79 Å². The number of ketones is 1. The third-order valence-corrected chi connectivity index (χ3v) is 4.35. The fourth-order valence-corrected chi connectivity index (χ4v) is 3.13. The number of rotatable bonds is 6. The molecule has 3 heteroatoms. The Kier molecular flexibility index (Phi) is 4.41. The van der Waals surface area contributed by atoms with Gasteiger partial charge < -0.3 is 0 Å². The molecule has 2 aromatic carbocycles. The summed E-state index contributed by atoms with van der Waals surface area (Å²) in [6.45, 7) is 0. The van der Waals surface area contributed by atoms with Gasteiger partial charge in [0.05, 0.1) is 11.4 Å². The first-order valence-corrected chi connectivity index (χ1v) is 8.07. The lowest BCUT2D eigenvalue weighted by atomic mass is 10.0. The van der Waals surface area contributed by atoms with Gasteiger partial charge in [-0.25, -0.2) is 4.98 Å². The second-order valence-electron chi connectivity index (χ2n) is 5.18. The van der Waals surface area contributed by atoms with Crippen molar-refractivity contribution in [3.63, 3.8) is 0 Å². The van der Waals surface area contributed by atoms with Crippen LogP contribution in [0.25, 0.3) is 10.8 Å². The van der Waals surface area contributed by atoms with Gasteiger partial charge in [-0.05, 0) is 29.2 Å². The van der Waals surface area contributed by atoms with Gasteiger partial charge in [0, 0.05) is 18.0 Å².